The molecular weight excluding hydrogens is 416 g/mol. The molecule has 10 nitrogen and oxygen atoms in total. The zero-order valence-electron chi connectivity index (χ0n) is 17.3. The van der Waals surface area contributed by atoms with Crippen molar-refractivity contribution in [2.45, 2.75) is 32.2 Å². The van der Waals surface area contributed by atoms with E-state index in [0.717, 1.165) is 5.69 Å². The van der Waals surface area contributed by atoms with Gasteiger partial charge in [-0.05, 0) is 51.1 Å². The quantitative estimate of drug-likeness (QED) is 0.455. The van der Waals surface area contributed by atoms with Gasteiger partial charge < -0.3 is 5.32 Å². The maximum absolute atomic E-state index is 12.9. The van der Waals surface area contributed by atoms with Gasteiger partial charge in [-0.3, -0.25) is 9.40 Å². The molecule has 160 valence electrons. The van der Waals surface area contributed by atoms with E-state index in [9.17, 15) is 8.42 Å². The average Bonchev–Trinajstić information content (AvgIpc) is 3.37. The number of nitrogens with one attached hydrogen (secondary N) is 2. The Kier molecular flexibility index (Phi) is 5.42. The van der Waals surface area contributed by atoms with Crippen LogP contribution in [0.1, 0.15) is 18.3 Å². The van der Waals surface area contributed by atoms with Gasteiger partial charge >= 0.3 is 0 Å². The van der Waals surface area contributed by atoms with Crippen LogP contribution >= 0.6 is 0 Å². The van der Waals surface area contributed by atoms with Gasteiger partial charge in [-0.15, -0.1) is 0 Å². The van der Waals surface area contributed by atoms with Crippen molar-refractivity contribution in [3.8, 4) is 5.82 Å². The highest BCUT2D eigenvalue weighted by Crippen LogP contribution is 2.24. The predicted octanol–water partition coefficient (Wildman–Crippen LogP) is 3.04. The van der Waals surface area contributed by atoms with Crippen LogP contribution in [0.4, 0.5) is 17.2 Å². The average molecular weight is 439 g/mol. The number of rotatable bonds is 7. The molecule has 31 heavy (non-hydrogen) atoms. The molecule has 0 spiro atoms. The van der Waals surface area contributed by atoms with E-state index in [2.05, 4.69) is 30.2 Å². The van der Waals surface area contributed by atoms with Crippen LogP contribution in [-0.2, 0) is 16.6 Å². The van der Waals surface area contributed by atoms with Gasteiger partial charge in [0.1, 0.15) is 17.0 Å². The van der Waals surface area contributed by atoms with Gasteiger partial charge in [-0.1, -0.05) is 0 Å². The second-order valence-corrected chi connectivity index (χ2v) is 8.45. The smallest absolute Gasteiger partial charge is 0.265 e. The lowest BCUT2D eigenvalue weighted by atomic mass is 10.3. The van der Waals surface area contributed by atoms with Crippen molar-refractivity contribution in [1.29, 1.82) is 0 Å². The number of aryl methyl sites for hydroxylation is 2. The van der Waals surface area contributed by atoms with Crippen LogP contribution in [0.5, 0.6) is 0 Å². The molecule has 0 aliphatic carbocycles. The number of benzene rings is 1. The van der Waals surface area contributed by atoms with Gasteiger partial charge in [-0.2, -0.15) is 10.2 Å². The van der Waals surface area contributed by atoms with E-state index in [-0.39, 0.29) is 4.90 Å². The second-order valence-electron chi connectivity index (χ2n) is 6.84. The third kappa shape index (κ3) is 4.26. The highest BCUT2D eigenvalue weighted by atomic mass is 32.2. The van der Waals surface area contributed by atoms with Crippen molar-refractivity contribution in [2.75, 3.05) is 10.0 Å². The van der Waals surface area contributed by atoms with Crippen LogP contribution in [0.3, 0.4) is 0 Å². The van der Waals surface area contributed by atoms with Gasteiger partial charge in [0.25, 0.3) is 10.0 Å². The largest absolute Gasteiger partial charge is 0.340 e. The second kappa shape index (κ2) is 8.19. The van der Waals surface area contributed by atoms with E-state index in [0.29, 0.717) is 35.3 Å². The maximum atomic E-state index is 12.9. The van der Waals surface area contributed by atoms with Gasteiger partial charge in [0.2, 0.25) is 0 Å². The fourth-order valence-electron chi connectivity index (χ4n) is 3.30. The minimum Gasteiger partial charge on any atom is -0.340 e. The molecule has 0 fully saturated rings. The molecule has 0 saturated carbocycles. The third-order valence-corrected chi connectivity index (χ3v) is 6.32. The molecule has 11 heteroatoms. The number of sulfonamides is 1. The van der Waals surface area contributed by atoms with Crippen LogP contribution in [0.15, 0.2) is 60.0 Å². The van der Waals surface area contributed by atoms with E-state index < -0.39 is 10.0 Å². The lowest BCUT2D eigenvalue weighted by Gasteiger charge is -2.11. The highest BCUT2D eigenvalue weighted by Gasteiger charge is 2.24. The number of aromatic nitrogens is 6. The molecule has 2 N–H and O–H groups in total. The SMILES string of the molecule is CCn1nc(C)c(S(=O)(=O)Nc2ccc(Nc3cc(-n4cccn4)ncn3)cc2)c1C. The van der Waals surface area contributed by atoms with Crippen molar-refractivity contribution in [3.63, 3.8) is 0 Å². The summed E-state index contributed by atoms with van der Waals surface area (Å²) >= 11 is 0. The lowest BCUT2D eigenvalue weighted by Crippen LogP contribution is -2.15. The van der Waals surface area contributed by atoms with Gasteiger partial charge in [0.15, 0.2) is 5.82 Å². The minimum atomic E-state index is -3.75. The lowest BCUT2D eigenvalue weighted by molar-refractivity contribution is 0.598. The predicted molar refractivity (Wildman–Crippen MR) is 117 cm³/mol. The van der Waals surface area contributed by atoms with Crippen molar-refractivity contribution < 1.29 is 8.42 Å². The Hall–Kier alpha value is -3.73. The first-order valence-electron chi connectivity index (χ1n) is 9.63. The van der Waals surface area contributed by atoms with Gasteiger partial charge in [0.05, 0.1) is 11.4 Å². The van der Waals surface area contributed by atoms with E-state index in [4.69, 9.17) is 0 Å². The van der Waals surface area contributed by atoms with Crippen LogP contribution in [0.25, 0.3) is 5.82 Å². The van der Waals surface area contributed by atoms with E-state index in [1.165, 1.54) is 6.33 Å². The monoisotopic (exact) mass is 438 g/mol. The summed E-state index contributed by atoms with van der Waals surface area (Å²) in [6.07, 6.45) is 4.91. The number of anilines is 3. The standard InChI is InChI=1S/C20H22N8O2S/c1-4-27-15(3)20(14(2)25-27)31(29,30)26-17-8-6-16(7-9-17)24-18-12-19(22-13-21-18)28-11-5-10-23-28/h5-13,26H,4H2,1-3H3,(H,21,22,24). The molecule has 1 aromatic carbocycles. The third-order valence-electron chi connectivity index (χ3n) is 4.68. The zero-order chi connectivity index (χ0) is 22.0. The molecule has 0 bridgehead atoms. The Labute approximate surface area is 180 Å². The molecular formula is C20H22N8O2S. The minimum absolute atomic E-state index is 0.212. The van der Waals surface area contributed by atoms with Crippen LogP contribution in [0.2, 0.25) is 0 Å². The topological polar surface area (TPSA) is 120 Å². The van der Waals surface area contributed by atoms with Gasteiger partial charge in [0, 0.05) is 36.4 Å². The van der Waals surface area contributed by atoms with Crippen molar-refractivity contribution in [3.05, 3.63) is 66.5 Å². The Morgan fingerprint density at radius 3 is 2.45 bits per heavy atom. The number of nitrogens with zero attached hydrogens (tertiary/aromatic N) is 6. The van der Waals surface area contributed by atoms with Crippen molar-refractivity contribution >= 4 is 27.2 Å². The molecule has 3 aromatic heterocycles. The highest BCUT2D eigenvalue weighted by molar-refractivity contribution is 7.92. The molecule has 0 atom stereocenters. The summed E-state index contributed by atoms with van der Waals surface area (Å²) < 4.78 is 31.7. The molecule has 4 rings (SSSR count). The van der Waals surface area contributed by atoms with Crippen molar-refractivity contribution in [2.24, 2.45) is 0 Å². The maximum Gasteiger partial charge on any atom is 0.265 e. The molecule has 0 radical (unpaired) electrons. The van der Waals surface area contributed by atoms with E-state index >= 15 is 0 Å². The zero-order valence-corrected chi connectivity index (χ0v) is 18.1. The Bertz CT molecular complexity index is 1300. The molecule has 0 saturated heterocycles. The molecule has 4 aromatic rings. The summed E-state index contributed by atoms with van der Waals surface area (Å²) in [6, 6.07) is 10.5. The Morgan fingerprint density at radius 1 is 1.06 bits per heavy atom. The normalized spacial score (nSPS) is 11.5. The Balaban J connectivity index is 1.50. The van der Waals surface area contributed by atoms with Crippen LogP contribution < -0.4 is 10.0 Å². The Morgan fingerprint density at radius 2 is 1.81 bits per heavy atom. The first-order chi connectivity index (χ1) is 14.9. The molecule has 3 heterocycles. The van der Waals surface area contributed by atoms with Crippen molar-refractivity contribution in [1.82, 2.24) is 29.5 Å². The number of hydrogen-bond donors (Lipinski definition) is 2. The summed E-state index contributed by atoms with van der Waals surface area (Å²) in [5, 5.41) is 11.6. The number of hydrogen-bond acceptors (Lipinski definition) is 7. The summed E-state index contributed by atoms with van der Waals surface area (Å²) in [5.41, 5.74) is 2.29. The van der Waals surface area contributed by atoms with Gasteiger partial charge in [-0.25, -0.2) is 23.1 Å². The summed E-state index contributed by atoms with van der Waals surface area (Å²) in [5.74, 6) is 1.22. The van der Waals surface area contributed by atoms with E-state index in [1.54, 1.807) is 65.9 Å². The summed E-state index contributed by atoms with van der Waals surface area (Å²) in [4.78, 5) is 8.62. The molecule has 0 aliphatic rings. The first kappa shape index (κ1) is 20.5. The molecule has 0 amide bonds. The van der Waals surface area contributed by atoms with Crippen LogP contribution in [0, 0.1) is 13.8 Å². The van der Waals surface area contributed by atoms with E-state index in [1.807, 2.05) is 13.0 Å². The molecule has 0 unspecified atom stereocenters. The molecule has 0 aliphatic heterocycles. The fourth-order valence-corrected chi connectivity index (χ4v) is 4.77. The summed E-state index contributed by atoms with van der Waals surface area (Å²) in [7, 11) is -3.75. The summed E-state index contributed by atoms with van der Waals surface area (Å²) in [6.45, 7) is 5.97. The fraction of sp³-hybridized carbons (Fsp3) is 0.200. The first-order valence-corrected chi connectivity index (χ1v) is 11.1. The van der Waals surface area contributed by atoms with Crippen LogP contribution in [-0.4, -0.2) is 37.9 Å².